The Labute approximate surface area is 223 Å². The molecule has 0 saturated carbocycles. The van der Waals surface area contributed by atoms with E-state index in [9.17, 15) is 8.42 Å². The lowest BCUT2D eigenvalue weighted by atomic mass is 10.2. The van der Waals surface area contributed by atoms with Crippen LogP contribution >= 0.6 is 27.5 Å². The number of para-hydroxylation sites is 1. The molecule has 0 aliphatic carbocycles. The monoisotopic (exact) mass is 585 g/mol. The normalized spacial score (nSPS) is 11.4. The average Bonchev–Trinajstić information content (AvgIpc) is 2.87. The Hall–Kier alpha value is -3.33. The molecule has 4 rings (SSSR count). The van der Waals surface area contributed by atoms with Crippen LogP contribution in [0.1, 0.15) is 12.5 Å². The van der Waals surface area contributed by atoms with Crippen molar-refractivity contribution < 1.29 is 22.1 Å². The molecule has 0 heterocycles. The minimum Gasteiger partial charge on any atom is -0.490 e. The molecule has 9 heteroatoms. The van der Waals surface area contributed by atoms with Gasteiger partial charge in [0.1, 0.15) is 16.4 Å². The molecule has 0 aliphatic rings. The van der Waals surface area contributed by atoms with Gasteiger partial charge in [-0.2, -0.15) is 8.42 Å². The summed E-state index contributed by atoms with van der Waals surface area (Å²) < 4.78 is 42.9. The summed E-state index contributed by atoms with van der Waals surface area (Å²) in [6.45, 7) is 2.11. The molecule has 0 unspecified atom stereocenters. The largest absolute Gasteiger partial charge is 0.490 e. The molecule has 184 valence electrons. The summed E-state index contributed by atoms with van der Waals surface area (Å²) in [5.74, 6) is 1.76. The fourth-order valence-electron chi connectivity index (χ4n) is 3.14. The number of rotatable bonds is 9. The second-order valence-corrected chi connectivity index (χ2v) is 10.3. The Morgan fingerprint density at radius 3 is 2.25 bits per heavy atom. The van der Waals surface area contributed by atoms with E-state index in [0.717, 1.165) is 11.4 Å². The van der Waals surface area contributed by atoms with E-state index in [1.54, 1.807) is 25.3 Å². The van der Waals surface area contributed by atoms with E-state index in [1.165, 1.54) is 24.3 Å². The summed E-state index contributed by atoms with van der Waals surface area (Å²) in [6, 6.07) is 25.9. The zero-order chi connectivity index (χ0) is 25.5. The SMILES string of the molecule is CCOc1cc(C=Nc2ccc(Oc3ccccc3)cc2)cc(Br)c1OS(=O)(=O)c1ccc(Cl)cc1. The first-order chi connectivity index (χ1) is 17.3. The van der Waals surface area contributed by atoms with Crippen LogP contribution in [-0.4, -0.2) is 21.2 Å². The topological polar surface area (TPSA) is 74.2 Å². The van der Waals surface area contributed by atoms with Gasteiger partial charge in [0.15, 0.2) is 11.5 Å². The van der Waals surface area contributed by atoms with Crippen molar-refractivity contribution in [1.29, 1.82) is 0 Å². The third-order valence-electron chi connectivity index (χ3n) is 4.81. The molecular weight excluding hydrogens is 566 g/mol. The molecule has 0 amide bonds. The van der Waals surface area contributed by atoms with Gasteiger partial charge in [0.05, 0.1) is 16.8 Å². The highest BCUT2D eigenvalue weighted by Gasteiger charge is 2.22. The van der Waals surface area contributed by atoms with E-state index in [4.69, 9.17) is 25.3 Å². The molecule has 0 atom stereocenters. The maximum absolute atomic E-state index is 12.8. The molecule has 4 aromatic rings. The Morgan fingerprint density at radius 1 is 0.917 bits per heavy atom. The van der Waals surface area contributed by atoms with Crippen molar-refractivity contribution in [2.45, 2.75) is 11.8 Å². The van der Waals surface area contributed by atoms with Gasteiger partial charge in [-0.15, -0.1) is 0 Å². The molecule has 0 spiro atoms. The van der Waals surface area contributed by atoms with Gasteiger partial charge < -0.3 is 13.7 Å². The van der Waals surface area contributed by atoms with Crippen molar-refractivity contribution in [2.75, 3.05) is 6.61 Å². The molecule has 0 aliphatic heterocycles. The van der Waals surface area contributed by atoms with Crippen LogP contribution in [0.4, 0.5) is 5.69 Å². The van der Waals surface area contributed by atoms with Crippen LogP contribution in [0.15, 0.2) is 105 Å². The molecule has 0 saturated heterocycles. The van der Waals surface area contributed by atoms with Gasteiger partial charge in [-0.25, -0.2) is 0 Å². The molecule has 36 heavy (non-hydrogen) atoms. The Kier molecular flexibility index (Phi) is 8.30. The lowest BCUT2D eigenvalue weighted by molar-refractivity contribution is 0.327. The number of aliphatic imine (C=N–C) groups is 1. The van der Waals surface area contributed by atoms with E-state index in [1.807, 2.05) is 54.6 Å². The van der Waals surface area contributed by atoms with Crippen molar-refractivity contribution in [3.05, 3.63) is 106 Å². The third-order valence-corrected chi connectivity index (χ3v) is 6.88. The van der Waals surface area contributed by atoms with Crippen molar-refractivity contribution in [1.82, 2.24) is 0 Å². The highest BCUT2D eigenvalue weighted by Crippen LogP contribution is 2.38. The maximum Gasteiger partial charge on any atom is 0.339 e. The number of halogens is 2. The summed E-state index contributed by atoms with van der Waals surface area (Å²) in [6.07, 6.45) is 1.65. The molecule has 0 N–H and O–H groups in total. The van der Waals surface area contributed by atoms with Gasteiger partial charge in [0, 0.05) is 11.2 Å². The number of benzene rings is 4. The molecule has 4 aromatic carbocycles. The molecule has 0 fully saturated rings. The highest BCUT2D eigenvalue weighted by molar-refractivity contribution is 9.10. The fourth-order valence-corrected chi connectivity index (χ4v) is 4.87. The number of hydrogen-bond acceptors (Lipinski definition) is 6. The van der Waals surface area contributed by atoms with Crippen LogP contribution in [0, 0.1) is 0 Å². The summed E-state index contributed by atoms with van der Waals surface area (Å²) in [5, 5.41) is 0.423. The van der Waals surface area contributed by atoms with Crippen molar-refractivity contribution in [3.63, 3.8) is 0 Å². The minimum atomic E-state index is -4.10. The van der Waals surface area contributed by atoms with Crippen molar-refractivity contribution >= 4 is 49.6 Å². The summed E-state index contributed by atoms with van der Waals surface area (Å²) in [5.41, 5.74) is 1.40. The minimum absolute atomic E-state index is 0.0217. The van der Waals surface area contributed by atoms with Crippen LogP contribution in [0.2, 0.25) is 5.02 Å². The zero-order valence-corrected chi connectivity index (χ0v) is 22.3. The maximum atomic E-state index is 12.8. The third kappa shape index (κ3) is 6.66. The van der Waals surface area contributed by atoms with Gasteiger partial charge in [-0.05, 0) is 101 Å². The molecule has 0 aromatic heterocycles. The van der Waals surface area contributed by atoms with E-state index >= 15 is 0 Å². The van der Waals surface area contributed by atoms with Crippen LogP contribution in [-0.2, 0) is 10.1 Å². The highest BCUT2D eigenvalue weighted by atomic mass is 79.9. The van der Waals surface area contributed by atoms with Gasteiger partial charge in [0.2, 0.25) is 0 Å². The van der Waals surface area contributed by atoms with Crippen LogP contribution in [0.3, 0.4) is 0 Å². The molecule has 6 nitrogen and oxygen atoms in total. The van der Waals surface area contributed by atoms with E-state index < -0.39 is 10.1 Å². The molecule has 0 bridgehead atoms. The zero-order valence-electron chi connectivity index (χ0n) is 19.1. The standard InChI is InChI=1S/C27H21BrClNO5S/c1-2-33-26-17-19(16-25(28)27(26)35-36(31,32)24-14-8-20(29)9-15-24)18-30-21-10-12-23(13-11-21)34-22-6-4-3-5-7-22/h3-18H,2H2,1H3. The van der Waals surface area contributed by atoms with Crippen LogP contribution in [0.5, 0.6) is 23.0 Å². The molecule has 0 radical (unpaired) electrons. The Bertz CT molecular complexity index is 1460. The van der Waals surface area contributed by atoms with E-state index in [-0.39, 0.29) is 16.4 Å². The predicted octanol–water partition coefficient (Wildman–Crippen LogP) is 7.81. The number of hydrogen-bond donors (Lipinski definition) is 0. The van der Waals surface area contributed by atoms with Gasteiger partial charge in [0.25, 0.3) is 0 Å². The smallest absolute Gasteiger partial charge is 0.339 e. The molecular formula is C27H21BrClNO5S. The average molecular weight is 587 g/mol. The Balaban J connectivity index is 1.53. The Morgan fingerprint density at radius 2 is 1.58 bits per heavy atom. The fraction of sp³-hybridized carbons (Fsp3) is 0.0741. The lowest BCUT2D eigenvalue weighted by Crippen LogP contribution is -2.11. The summed E-state index contributed by atoms with van der Waals surface area (Å²) in [4.78, 5) is 4.48. The van der Waals surface area contributed by atoms with Crippen LogP contribution < -0.4 is 13.7 Å². The predicted molar refractivity (Wildman–Crippen MR) is 145 cm³/mol. The number of ether oxygens (including phenoxy) is 2. The first-order valence-corrected chi connectivity index (χ1v) is 13.5. The second kappa shape index (κ2) is 11.6. The first kappa shape index (κ1) is 25.8. The summed E-state index contributed by atoms with van der Waals surface area (Å²) >= 11 is 9.27. The first-order valence-electron chi connectivity index (χ1n) is 10.9. The lowest BCUT2D eigenvalue weighted by Gasteiger charge is -2.14. The quantitative estimate of drug-likeness (QED) is 0.148. The van der Waals surface area contributed by atoms with E-state index in [0.29, 0.717) is 27.4 Å². The van der Waals surface area contributed by atoms with Gasteiger partial charge >= 0.3 is 10.1 Å². The van der Waals surface area contributed by atoms with Crippen LogP contribution in [0.25, 0.3) is 0 Å². The number of nitrogens with zero attached hydrogens (tertiary/aromatic N) is 1. The summed E-state index contributed by atoms with van der Waals surface area (Å²) in [7, 11) is -4.10. The second-order valence-electron chi connectivity index (χ2n) is 7.42. The van der Waals surface area contributed by atoms with Gasteiger partial charge in [-0.1, -0.05) is 29.8 Å². The van der Waals surface area contributed by atoms with Gasteiger partial charge in [-0.3, -0.25) is 4.99 Å². The van der Waals surface area contributed by atoms with Crippen molar-refractivity contribution in [3.8, 4) is 23.0 Å². The van der Waals surface area contributed by atoms with Crippen molar-refractivity contribution in [2.24, 2.45) is 4.99 Å². The van der Waals surface area contributed by atoms with E-state index in [2.05, 4.69) is 20.9 Å².